The Morgan fingerprint density at radius 1 is 1.27 bits per heavy atom. The number of benzene rings is 1. The maximum atomic E-state index is 13.1. The molecule has 138 valence electrons. The van der Waals surface area contributed by atoms with Crippen molar-refractivity contribution in [2.75, 3.05) is 11.9 Å². The SMILES string of the molecule is CCOC(=O)Cc1csc(NC(=O)C2(c3ccc(Br)cc3)CCCC2)n1. The van der Waals surface area contributed by atoms with Crippen LogP contribution in [0.4, 0.5) is 5.13 Å². The van der Waals surface area contributed by atoms with E-state index in [1.807, 2.05) is 24.3 Å². The molecule has 1 heterocycles. The molecular weight excluding hydrogens is 416 g/mol. The van der Waals surface area contributed by atoms with Crippen molar-refractivity contribution in [2.24, 2.45) is 0 Å². The van der Waals surface area contributed by atoms with E-state index in [-0.39, 0.29) is 18.3 Å². The van der Waals surface area contributed by atoms with Gasteiger partial charge in [-0.05, 0) is 37.5 Å². The lowest BCUT2D eigenvalue weighted by atomic mass is 9.78. The van der Waals surface area contributed by atoms with E-state index in [0.29, 0.717) is 17.4 Å². The quantitative estimate of drug-likeness (QED) is 0.678. The van der Waals surface area contributed by atoms with E-state index in [0.717, 1.165) is 35.7 Å². The number of halogens is 1. The number of anilines is 1. The summed E-state index contributed by atoms with van der Waals surface area (Å²) in [7, 11) is 0. The van der Waals surface area contributed by atoms with Crippen molar-refractivity contribution in [3.05, 3.63) is 45.4 Å². The number of hydrogen-bond acceptors (Lipinski definition) is 5. The van der Waals surface area contributed by atoms with Crippen LogP contribution in [0.15, 0.2) is 34.1 Å². The molecule has 5 nitrogen and oxygen atoms in total. The van der Waals surface area contributed by atoms with Crippen LogP contribution < -0.4 is 5.32 Å². The predicted molar refractivity (Wildman–Crippen MR) is 105 cm³/mol. The van der Waals surface area contributed by atoms with Crippen LogP contribution in [0.1, 0.15) is 43.9 Å². The molecule has 0 bridgehead atoms. The van der Waals surface area contributed by atoms with Crippen molar-refractivity contribution in [1.29, 1.82) is 0 Å². The molecule has 1 fully saturated rings. The van der Waals surface area contributed by atoms with E-state index in [1.165, 1.54) is 11.3 Å². The molecule has 1 aliphatic rings. The summed E-state index contributed by atoms with van der Waals surface area (Å²) in [4.78, 5) is 29.0. The fourth-order valence-electron chi connectivity index (χ4n) is 3.42. The lowest BCUT2D eigenvalue weighted by Crippen LogP contribution is -2.37. The molecule has 26 heavy (non-hydrogen) atoms. The molecule has 0 radical (unpaired) electrons. The summed E-state index contributed by atoms with van der Waals surface area (Å²) in [6.45, 7) is 2.12. The largest absolute Gasteiger partial charge is 0.466 e. The van der Waals surface area contributed by atoms with E-state index >= 15 is 0 Å². The lowest BCUT2D eigenvalue weighted by molar-refractivity contribution is -0.142. The van der Waals surface area contributed by atoms with Gasteiger partial charge in [0.15, 0.2) is 5.13 Å². The number of rotatable bonds is 6. The highest BCUT2D eigenvalue weighted by Gasteiger charge is 2.42. The molecular formula is C19H21BrN2O3S. The molecule has 3 rings (SSSR count). The Morgan fingerprint density at radius 3 is 2.62 bits per heavy atom. The van der Waals surface area contributed by atoms with Crippen LogP contribution in [0.2, 0.25) is 0 Å². The zero-order chi connectivity index (χ0) is 18.6. The Kier molecular flexibility index (Phi) is 6.09. The molecule has 1 aromatic carbocycles. The molecule has 0 atom stereocenters. The van der Waals surface area contributed by atoms with Gasteiger partial charge in [-0.3, -0.25) is 9.59 Å². The molecule has 0 unspecified atom stereocenters. The van der Waals surface area contributed by atoms with E-state index in [1.54, 1.807) is 12.3 Å². The van der Waals surface area contributed by atoms with Crippen LogP contribution in [0.3, 0.4) is 0 Å². The Bertz CT molecular complexity index is 782. The molecule has 7 heteroatoms. The molecule has 1 N–H and O–H groups in total. The van der Waals surface area contributed by atoms with Gasteiger partial charge >= 0.3 is 5.97 Å². The van der Waals surface area contributed by atoms with E-state index < -0.39 is 5.41 Å². The molecule has 0 saturated heterocycles. The summed E-state index contributed by atoms with van der Waals surface area (Å²) in [5.74, 6) is -0.327. The van der Waals surface area contributed by atoms with Gasteiger partial charge in [0.25, 0.3) is 0 Å². The minimum absolute atomic E-state index is 0.0191. The minimum Gasteiger partial charge on any atom is -0.466 e. The number of nitrogens with one attached hydrogen (secondary N) is 1. The normalized spacial score (nSPS) is 15.6. The smallest absolute Gasteiger partial charge is 0.311 e. The van der Waals surface area contributed by atoms with Crippen LogP contribution in [0.25, 0.3) is 0 Å². The van der Waals surface area contributed by atoms with E-state index in [9.17, 15) is 9.59 Å². The van der Waals surface area contributed by atoms with Crippen molar-refractivity contribution < 1.29 is 14.3 Å². The van der Waals surface area contributed by atoms with Gasteiger partial charge in [-0.2, -0.15) is 0 Å². The van der Waals surface area contributed by atoms with Crippen molar-refractivity contribution in [2.45, 2.75) is 44.4 Å². The van der Waals surface area contributed by atoms with Gasteiger partial charge in [0, 0.05) is 9.85 Å². The maximum Gasteiger partial charge on any atom is 0.311 e. The highest BCUT2D eigenvalue weighted by atomic mass is 79.9. The number of esters is 1. The van der Waals surface area contributed by atoms with Crippen molar-refractivity contribution in [3.8, 4) is 0 Å². The molecule has 1 saturated carbocycles. The fourth-order valence-corrected chi connectivity index (χ4v) is 4.39. The number of thiazole rings is 1. The summed E-state index contributed by atoms with van der Waals surface area (Å²) in [5.41, 5.74) is 1.15. The monoisotopic (exact) mass is 436 g/mol. The van der Waals surface area contributed by atoms with Gasteiger partial charge in [-0.25, -0.2) is 4.98 Å². The topological polar surface area (TPSA) is 68.3 Å². The van der Waals surface area contributed by atoms with Crippen LogP contribution in [0.5, 0.6) is 0 Å². The van der Waals surface area contributed by atoms with Gasteiger partial charge in [0.1, 0.15) is 0 Å². The Labute approximate surface area is 165 Å². The van der Waals surface area contributed by atoms with Crippen molar-refractivity contribution in [1.82, 2.24) is 4.98 Å². The first-order valence-corrected chi connectivity index (χ1v) is 10.4. The van der Waals surface area contributed by atoms with Gasteiger partial charge in [0.2, 0.25) is 5.91 Å². The minimum atomic E-state index is -0.506. The van der Waals surface area contributed by atoms with Gasteiger partial charge in [0.05, 0.1) is 24.1 Å². The molecule has 0 aliphatic heterocycles. The number of nitrogens with zero attached hydrogens (tertiary/aromatic N) is 1. The highest BCUT2D eigenvalue weighted by Crippen LogP contribution is 2.42. The van der Waals surface area contributed by atoms with Crippen LogP contribution in [0, 0.1) is 0 Å². The van der Waals surface area contributed by atoms with Gasteiger partial charge in [-0.15, -0.1) is 11.3 Å². The average Bonchev–Trinajstić information content (AvgIpc) is 3.26. The first-order valence-electron chi connectivity index (χ1n) is 8.71. The van der Waals surface area contributed by atoms with Crippen LogP contribution in [-0.2, 0) is 26.2 Å². The van der Waals surface area contributed by atoms with Crippen molar-refractivity contribution in [3.63, 3.8) is 0 Å². The third-order valence-corrected chi connectivity index (χ3v) is 6.03. The maximum absolute atomic E-state index is 13.1. The Balaban J connectivity index is 1.74. The molecule has 1 aliphatic carbocycles. The van der Waals surface area contributed by atoms with Crippen LogP contribution in [-0.4, -0.2) is 23.5 Å². The summed E-state index contributed by atoms with van der Waals surface area (Å²) in [6.07, 6.45) is 3.87. The summed E-state index contributed by atoms with van der Waals surface area (Å²) < 4.78 is 5.93. The van der Waals surface area contributed by atoms with E-state index in [2.05, 4.69) is 26.2 Å². The zero-order valence-electron chi connectivity index (χ0n) is 14.6. The standard InChI is InChI=1S/C19H21BrN2O3S/c1-2-25-16(23)11-15-12-26-18(21-15)22-17(24)19(9-3-4-10-19)13-5-7-14(20)8-6-13/h5-8,12H,2-4,9-11H2,1H3,(H,21,22,24). The third-order valence-electron chi connectivity index (χ3n) is 4.69. The predicted octanol–water partition coefficient (Wildman–Crippen LogP) is 4.46. The first-order chi connectivity index (χ1) is 12.5. The third kappa shape index (κ3) is 4.15. The number of ether oxygens (including phenoxy) is 1. The second kappa shape index (κ2) is 8.31. The van der Waals surface area contributed by atoms with Crippen molar-refractivity contribution >= 4 is 44.3 Å². The number of amides is 1. The second-order valence-electron chi connectivity index (χ2n) is 6.38. The summed E-state index contributed by atoms with van der Waals surface area (Å²) in [6, 6.07) is 7.99. The number of carbonyl (C=O) groups excluding carboxylic acids is 2. The zero-order valence-corrected chi connectivity index (χ0v) is 17.0. The summed E-state index contributed by atoms with van der Waals surface area (Å²) >= 11 is 4.78. The second-order valence-corrected chi connectivity index (χ2v) is 8.15. The Morgan fingerprint density at radius 2 is 1.96 bits per heavy atom. The number of aromatic nitrogens is 1. The number of hydrogen-bond donors (Lipinski definition) is 1. The molecule has 2 aromatic rings. The van der Waals surface area contributed by atoms with Crippen LogP contribution >= 0.6 is 27.3 Å². The van der Waals surface area contributed by atoms with Gasteiger partial charge in [-0.1, -0.05) is 40.9 Å². The lowest BCUT2D eigenvalue weighted by Gasteiger charge is -2.27. The first kappa shape index (κ1) is 19.0. The van der Waals surface area contributed by atoms with E-state index in [4.69, 9.17) is 4.74 Å². The average molecular weight is 437 g/mol. The number of carbonyl (C=O) groups is 2. The summed E-state index contributed by atoms with van der Waals surface area (Å²) in [5, 5.41) is 5.28. The Hall–Kier alpha value is -1.73. The fraction of sp³-hybridized carbons (Fsp3) is 0.421. The molecule has 1 amide bonds. The molecule has 0 spiro atoms. The van der Waals surface area contributed by atoms with Gasteiger partial charge < -0.3 is 10.1 Å². The highest BCUT2D eigenvalue weighted by molar-refractivity contribution is 9.10. The molecule has 1 aromatic heterocycles.